The summed E-state index contributed by atoms with van der Waals surface area (Å²) in [5.41, 5.74) is 0.533. The van der Waals surface area contributed by atoms with Gasteiger partial charge in [0, 0.05) is 13.1 Å². The molecule has 1 amide bonds. The van der Waals surface area contributed by atoms with Gasteiger partial charge in [-0.15, -0.1) is 0 Å². The number of benzene rings is 1. The van der Waals surface area contributed by atoms with E-state index in [2.05, 4.69) is 19.2 Å². The summed E-state index contributed by atoms with van der Waals surface area (Å²) in [5, 5.41) is 3.37. The van der Waals surface area contributed by atoms with Crippen LogP contribution in [0.5, 0.6) is 5.75 Å². The van der Waals surface area contributed by atoms with E-state index in [9.17, 15) is 4.79 Å². The van der Waals surface area contributed by atoms with Gasteiger partial charge in [0.05, 0.1) is 12.2 Å². The lowest BCUT2D eigenvalue weighted by molar-refractivity contribution is 0.0967. The van der Waals surface area contributed by atoms with Gasteiger partial charge in [0.25, 0.3) is 5.91 Å². The largest absolute Gasteiger partial charge is 0.493 e. The second-order valence-corrected chi connectivity index (χ2v) is 7.58. The van der Waals surface area contributed by atoms with E-state index >= 15 is 0 Å². The lowest BCUT2D eigenvalue weighted by Gasteiger charge is -2.32. The summed E-state index contributed by atoms with van der Waals surface area (Å²) in [6, 6.07) is 7.78. The lowest BCUT2D eigenvalue weighted by atomic mass is 9.95. The fraction of sp³-hybridized carbons (Fsp3) is 0.600. The third-order valence-electron chi connectivity index (χ3n) is 4.75. The van der Waals surface area contributed by atoms with Crippen LogP contribution in [0, 0.1) is 5.92 Å². The van der Waals surface area contributed by atoms with Crippen molar-refractivity contribution in [3.63, 3.8) is 0 Å². The highest BCUT2D eigenvalue weighted by Gasteiger charge is 2.22. The second-order valence-electron chi connectivity index (χ2n) is 7.19. The Labute approximate surface area is 156 Å². The SMILES string of the molecule is CC(C)CCOc1ccccc1C(=O)NC(=S)N(C)C1CCCCC1. The number of nitrogens with one attached hydrogen (secondary N) is 1. The van der Waals surface area contributed by atoms with Crippen LogP contribution in [0.4, 0.5) is 0 Å². The molecule has 0 spiro atoms. The van der Waals surface area contributed by atoms with Gasteiger partial charge in [-0.3, -0.25) is 10.1 Å². The van der Waals surface area contributed by atoms with Gasteiger partial charge in [0.1, 0.15) is 5.75 Å². The zero-order chi connectivity index (χ0) is 18.2. The van der Waals surface area contributed by atoms with Gasteiger partial charge in [0.15, 0.2) is 5.11 Å². The Kier molecular flexibility index (Phi) is 7.69. The van der Waals surface area contributed by atoms with Crippen LogP contribution in [-0.2, 0) is 0 Å². The minimum Gasteiger partial charge on any atom is -0.493 e. The van der Waals surface area contributed by atoms with E-state index in [1.54, 1.807) is 6.07 Å². The number of amides is 1. The Bertz CT molecular complexity index is 583. The zero-order valence-corrected chi connectivity index (χ0v) is 16.4. The van der Waals surface area contributed by atoms with E-state index in [4.69, 9.17) is 17.0 Å². The summed E-state index contributed by atoms with van der Waals surface area (Å²) < 4.78 is 5.81. The van der Waals surface area contributed by atoms with Gasteiger partial charge in [-0.25, -0.2) is 0 Å². The summed E-state index contributed by atoms with van der Waals surface area (Å²) in [4.78, 5) is 14.7. The van der Waals surface area contributed by atoms with Crippen molar-refractivity contribution in [2.75, 3.05) is 13.7 Å². The normalized spacial score (nSPS) is 15.0. The summed E-state index contributed by atoms with van der Waals surface area (Å²) >= 11 is 5.45. The number of thiocarbonyl (C=S) groups is 1. The fourth-order valence-electron chi connectivity index (χ4n) is 3.07. The standard InChI is InChI=1S/C20H30N2O2S/c1-15(2)13-14-24-18-12-8-7-11-17(18)19(23)21-20(25)22(3)16-9-5-4-6-10-16/h7-8,11-12,15-16H,4-6,9-10,13-14H2,1-3H3,(H,21,23,25). The molecule has 0 aromatic heterocycles. The van der Waals surface area contributed by atoms with Crippen LogP contribution in [0.2, 0.25) is 0 Å². The highest BCUT2D eigenvalue weighted by atomic mass is 32.1. The molecule has 0 aliphatic heterocycles. The molecule has 1 saturated carbocycles. The molecule has 4 nitrogen and oxygen atoms in total. The van der Waals surface area contributed by atoms with Crippen LogP contribution in [0.25, 0.3) is 0 Å². The summed E-state index contributed by atoms with van der Waals surface area (Å²) in [7, 11) is 1.98. The average Bonchev–Trinajstić information content (AvgIpc) is 2.61. The molecule has 0 heterocycles. The maximum atomic E-state index is 12.7. The third kappa shape index (κ3) is 5.99. The van der Waals surface area contributed by atoms with Crippen molar-refractivity contribution in [3.05, 3.63) is 29.8 Å². The van der Waals surface area contributed by atoms with Crippen molar-refractivity contribution < 1.29 is 9.53 Å². The van der Waals surface area contributed by atoms with Crippen LogP contribution in [0.3, 0.4) is 0 Å². The fourth-order valence-corrected chi connectivity index (χ4v) is 3.31. The van der Waals surface area contributed by atoms with Crippen LogP contribution < -0.4 is 10.1 Å². The Balaban J connectivity index is 1.96. The van der Waals surface area contributed by atoms with Crippen molar-refractivity contribution in [3.8, 4) is 5.75 Å². The molecule has 0 bridgehead atoms. The number of carbonyl (C=O) groups is 1. The first-order chi connectivity index (χ1) is 12.0. The third-order valence-corrected chi connectivity index (χ3v) is 5.14. The summed E-state index contributed by atoms with van der Waals surface area (Å²) in [6.07, 6.45) is 7.00. The molecule has 0 radical (unpaired) electrons. The zero-order valence-electron chi connectivity index (χ0n) is 15.6. The first-order valence-corrected chi connectivity index (χ1v) is 9.70. The maximum absolute atomic E-state index is 12.7. The Morgan fingerprint density at radius 2 is 1.96 bits per heavy atom. The monoisotopic (exact) mass is 362 g/mol. The summed E-state index contributed by atoms with van der Waals surface area (Å²) in [5.74, 6) is 0.981. The molecule has 0 saturated heterocycles. The van der Waals surface area contributed by atoms with E-state index in [1.807, 2.05) is 30.1 Å². The van der Waals surface area contributed by atoms with E-state index in [-0.39, 0.29) is 5.91 Å². The van der Waals surface area contributed by atoms with Gasteiger partial charge in [-0.1, -0.05) is 45.2 Å². The van der Waals surface area contributed by atoms with E-state index in [0.29, 0.717) is 35.0 Å². The molecular formula is C20H30N2O2S. The minimum absolute atomic E-state index is 0.201. The molecule has 0 unspecified atom stereocenters. The molecule has 2 rings (SSSR count). The van der Waals surface area contributed by atoms with Gasteiger partial charge in [0.2, 0.25) is 0 Å². The molecule has 1 fully saturated rings. The van der Waals surface area contributed by atoms with Crippen molar-refractivity contribution in [1.82, 2.24) is 10.2 Å². The molecule has 25 heavy (non-hydrogen) atoms. The predicted octanol–water partition coefficient (Wildman–Crippen LogP) is 4.39. The van der Waals surface area contributed by atoms with Crippen LogP contribution in [-0.4, -0.2) is 35.6 Å². The molecular weight excluding hydrogens is 332 g/mol. The van der Waals surface area contributed by atoms with Gasteiger partial charge >= 0.3 is 0 Å². The molecule has 1 aliphatic rings. The maximum Gasteiger partial charge on any atom is 0.261 e. The number of para-hydroxylation sites is 1. The van der Waals surface area contributed by atoms with Gasteiger partial charge in [-0.05, 0) is 49.5 Å². The number of hydrogen-bond donors (Lipinski definition) is 1. The molecule has 1 aromatic carbocycles. The smallest absolute Gasteiger partial charge is 0.261 e. The van der Waals surface area contributed by atoms with Crippen molar-refractivity contribution in [2.45, 2.75) is 58.4 Å². The second kappa shape index (κ2) is 9.76. The average molecular weight is 363 g/mol. The predicted molar refractivity (Wildman–Crippen MR) is 106 cm³/mol. The number of hydrogen-bond acceptors (Lipinski definition) is 3. The Morgan fingerprint density at radius 1 is 1.28 bits per heavy atom. The topological polar surface area (TPSA) is 41.6 Å². The molecule has 1 aliphatic carbocycles. The van der Waals surface area contributed by atoms with Crippen molar-refractivity contribution in [2.24, 2.45) is 5.92 Å². The molecule has 138 valence electrons. The highest BCUT2D eigenvalue weighted by molar-refractivity contribution is 7.80. The highest BCUT2D eigenvalue weighted by Crippen LogP contribution is 2.22. The molecule has 5 heteroatoms. The number of carbonyl (C=O) groups excluding carboxylic acids is 1. The first-order valence-electron chi connectivity index (χ1n) is 9.29. The number of ether oxygens (including phenoxy) is 1. The minimum atomic E-state index is -0.201. The quantitative estimate of drug-likeness (QED) is 0.762. The van der Waals surface area contributed by atoms with E-state index in [1.165, 1.54) is 19.3 Å². The van der Waals surface area contributed by atoms with E-state index < -0.39 is 0 Å². The number of nitrogens with zero attached hydrogens (tertiary/aromatic N) is 1. The van der Waals surface area contributed by atoms with Gasteiger partial charge < -0.3 is 9.64 Å². The van der Waals surface area contributed by atoms with Crippen molar-refractivity contribution in [1.29, 1.82) is 0 Å². The van der Waals surface area contributed by atoms with Crippen LogP contribution in [0.15, 0.2) is 24.3 Å². The number of rotatable bonds is 6. The molecule has 1 aromatic rings. The van der Waals surface area contributed by atoms with Crippen molar-refractivity contribution >= 4 is 23.2 Å². The van der Waals surface area contributed by atoms with E-state index in [0.717, 1.165) is 19.3 Å². The van der Waals surface area contributed by atoms with Gasteiger partial charge in [-0.2, -0.15) is 0 Å². The Morgan fingerprint density at radius 3 is 2.64 bits per heavy atom. The van der Waals surface area contributed by atoms with Crippen LogP contribution >= 0.6 is 12.2 Å². The molecule has 0 atom stereocenters. The first kappa shape index (κ1) is 19.7. The van der Waals surface area contributed by atoms with Crippen LogP contribution in [0.1, 0.15) is 62.7 Å². The lowest BCUT2D eigenvalue weighted by Crippen LogP contribution is -2.46. The Hall–Kier alpha value is -1.62. The molecule has 1 N–H and O–H groups in total. The summed E-state index contributed by atoms with van der Waals surface area (Å²) in [6.45, 7) is 4.91.